The van der Waals surface area contributed by atoms with E-state index >= 15 is 0 Å². The SMILES string of the molecule is C1=CC2Sc3ccccc3C2C=C1c1ccc(N(c2ccc(-c3ccccc3-n3c4ccccc4c4ccccc43)cc2)c2ccccc2-c2ccccc2)cc1. The van der Waals surface area contributed by atoms with Gasteiger partial charge < -0.3 is 9.47 Å². The Hall–Kier alpha value is -6.81. The molecule has 0 spiro atoms. The van der Waals surface area contributed by atoms with Gasteiger partial charge >= 0.3 is 0 Å². The molecule has 0 N–H and O–H groups in total. The molecule has 8 aromatic carbocycles. The first-order valence-corrected chi connectivity index (χ1v) is 20.6. The van der Waals surface area contributed by atoms with Gasteiger partial charge in [-0.15, -0.1) is 11.8 Å². The van der Waals surface area contributed by atoms with Crippen LogP contribution in [-0.4, -0.2) is 9.82 Å². The van der Waals surface area contributed by atoms with E-state index in [4.69, 9.17) is 0 Å². The van der Waals surface area contributed by atoms with Crippen LogP contribution in [0, 0.1) is 0 Å². The molecule has 11 rings (SSSR count). The molecule has 3 heteroatoms. The van der Waals surface area contributed by atoms with Crippen LogP contribution in [0.4, 0.5) is 17.1 Å². The zero-order valence-electron chi connectivity index (χ0n) is 31.2. The third kappa shape index (κ3) is 5.82. The van der Waals surface area contributed by atoms with Gasteiger partial charge in [0.1, 0.15) is 0 Å². The van der Waals surface area contributed by atoms with Crippen molar-refractivity contribution >= 4 is 56.2 Å². The summed E-state index contributed by atoms with van der Waals surface area (Å²) in [4.78, 5) is 3.80. The highest BCUT2D eigenvalue weighted by Gasteiger charge is 2.32. The molecule has 0 saturated carbocycles. The summed E-state index contributed by atoms with van der Waals surface area (Å²) < 4.78 is 2.42. The van der Waals surface area contributed by atoms with Crippen molar-refractivity contribution in [3.63, 3.8) is 0 Å². The number of fused-ring (bicyclic) bond motifs is 6. The van der Waals surface area contributed by atoms with Gasteiger partial charge in [0.25, 0.3) is 0 Å². The van der Waals surface area contributed by atoms with Gasteiger partial charge in [0, 0.05) is 49.3 Å². The highest BCUT2D eigenvalue weighted by Crippen LogP contribution is 2.50. The average Bonchev–Trinajstić information content (AvgIpc) is 3.83. The van der Waals surface area contributed by atoms with E-state index in [1.54, 1.807) is 0 Å². The van der Waals surface area contributed by atoms with Gasteiger partial charge in [-0.1, -0.05) is 164 Å². The standard InChI is InChI=1S/C54H38N2S/c1-2-14-38(15-3-1)43-16-4-9-21-49(43)55(41-31-26-37(27-32-41)40-30-35-54-48(36-40)47-20-8-13-25-53(47)57-54)42-33-28-39(29-34-42)44-17-5-10-22-50(44)56-51-23-11-6-18-45(51)46-19-7-12-24-52(46)56/h1-36,48,54H. The van der Waals surface area contributed by atoms with E-state index in [0.717, 1.165) is 17.1 Å². The maximum absolute atomic E-state index is 2.47. The van der Waals surface area contributed by atoms with Gasteiger partial charge in [-0.2, -0.15) is 0 Å². The third-order valence-corrected chi connectivity index (χ3v) is 12.9. The Morgan fingerprint density at radius 1 is 0.456 bits per heavy atom. The van der Waals surface area contributed by atoms with Gasteiger partial charge in [0.15, 0.2) is 0 Å². The molecule has 0 amide bonds. The highest BCUT2D eigenvalue weighted by molar-refractivity contribution is 8.00. The predicted molar refractivity (Wildman–Crippen MR) is 242 cm³/mol. The second-order valence-electron chi connectivity index (χ2n) is 14.8. The molecule has 9 aromatic rings. The number of allylic oxidation sites excluding steroid dienone is 3. The van der Waals surface area contributed by atoms with Crippen LogP contribution >= 0.6 is 11.8 Å². The first-order chi connectivity index (χ1) is 28.3. The fourth-order valence-corrected chi connectivity index (χ4v) is 10.2. The molecular weight excluding hydrogens is 709 g/mol. The Kier molecular flexibility index (Phi) is 8.26. The van der Waals surface area contributed by atoms with E-state index in [2.05, 4.69) is 228 Å². The van der Waals surface area contributed by atoms with Crippen molar-refractivity contribution in [2.75, 3.05) is 4.90 Å². The fraction of sp³-hybridized carbons (Fsp3) is 0.0370. The quantitative estimate of drug-likeness (QED) is 0.160. The first kappa shape index (κ1) is 33.5. The lowest BCUT2D eigenvalue weighted by molar-refractivity contribution is 0.884. The van der Waals surface area contributed by atoms with Crippen molar-refractivity contribution in [1.29, 1.82) is 0 Å². The molecular formula is C54H38N2S. The van der Waals surface area contributed by atoms with Crippen LogP contribution in [0.25, 0.3) is 55.3 Å². The molecule has 2 nitrogen and oxygen atoms in total. The van der Waals surface area contributed by atoms with Crippen molar-refractivity contribution in [2.45, 2.75) is 16.1 Å². The van der Waals surface area contributed by atoms with Crippen LogP contribution in [0.3, 0.4) is 0 Å². The molecule has 2 atom stereocenters. The molecule has 0 fully saturated rings. The topological polar surface area (TPSA) is 8.17 Å². The summed E-state index contributed by atoms with van der Waals surface area (Å²) in [6.45, 7) is 0. The Labute approximate surface area is 337 Å². The number of benzene rings is 8. The zero-order valence-corrected chi connectivity index (χ0v) is 32.1. The minimum absolute atomic E-state index is 0.402. The summed E-state index contributed by atoms with van der Waals surface area (Å²) in [6, 6.07) is 72.8. The number of nitrogens with zero attached hydrogens (tertiary/aromatic N) is 2. The van der Waals surface area contributed by atoms with Crippen LogP contribution in [-0.2, 0) is 0 Å². The van der Waals surface area contributed by atoms with Crippen molar-refractivity contribution in [1.82, 2.24) is 4.57 Å². The maximum atomic E-state index is 2.47. The minimum Gasteiger partial charge on any atom is -0.310 e. The number of anilines is 3. The number of hydrogen-bond acceptors (Lipinski definition) is 2. The Morgan fingerprint density at radius 2 is 1.02 bits per heavy atom. The molecule has 57 heavy (non-hydrogen) atoms. The second-order valence-corrected chi connectivity index (χ2v) is 16.0. The van der Waals surface area contributed by atoms with Gasteiger partial charge in [-0.25, -0.2) is 0 Å². The monoisotopic (exact) mass is 746 g/mol. The lowest BCUT2D eigenvalue weighted by atomic mass is 9.87. The van der Waals surface area contributed by atoms with Crippen LogP contribution in [0.15, 0.2) is 223 Å². The van der Waals surface area contributed by atoms with E-state index in [-0.39, 0.29) is 0 Å². The van der Waals surface area contributed by atoms with Crippen molar-refractivity contribution in [2.24, 2.45) is 0 Å². The summed E-state index contributed by atoms with van der Waals surface area (Å²) in [6.07, 6.45) is 7.17. The number of rotatable bonds is 7. The van der Waals surface area contributed by atoms with Crippen LogP contribution in [0.1, 0.15) is 17.0 Å². The van der Waals surface area contributed by atoms with Crippen molar-refractivity contribution < 1.29 is 0 Å². The molecule has 0 saturated heterocycles. The van der Waals surface area contributed by atoms with Crippen LogP contribution in [0.2, 0.25) is 0 Å². The van der Waals surface area contributed by atoms with Gasteiger partial charge in [0.2, 0.25) is 0 Å². The molecule has 1 aliphatic carbocycles. The number of hydrogen-bond donors (Lipinski definition) is 0. The molecule has 0 radical (unpaired) electrons. The molecule has 270 valence electrons. The van der Waals surface area contributed by atoms with E-state index in [1.165, 1.54) is 71.3 Å². The number of para-hydroxylation sites is 4. The highest BCUT2D eigenvalue weighted by atomic mass is 32.2. The van der Waals surface area contributed by atoms with Gasteiger partial charge in [-0.3, -0.25) is 0 Å². The smallest absolute Gasteiger partial charge is 0.0541 e. The lowest BCUT2D eigenvalue weighted by Gasteiger charge is -2.28. The first-order valence-electron chi connectivity index (χ1n) is 19.7. The Morgan fingerprint density at radius 3 is 1.75 bits per heavy atom. The summed E-state index contributed by atoms with van der Waals surface area (Å²) in [5, 5.41) is 2.99. The van der Waals surface area contributed by atoms with Gasteiger partial charge in [0.05, 0.1) is 22.4 Å². The molecule has 0 bridgehead atoms. The second kappa shape index (κ2) is 14.0. The van der Waals surface area contributed by atoms with Crippen molar-refractivity contribution in [3.8, 4) is 27.9 Å². The lowest BCUT2D eigenvalue weighted by Crippen LogP contribution is -2.11. The Bertz CT molecular complexity index is 2940. The van der Waals surface area contributed by atoms with Crippen LogP contribution in [0.5, 0.6) is 0 Å². The summed E-state index contributed by atoms with van der Waals surface area (Å²) in [5.41, 5.74) is 15.6. The minimum atomic E-state index is 0.402. The number of aromatic nitrogens is 1. The molecule has 2 aliphatic rings. The zero-order chi connectivity index (χ0) is 37.7. The van der Waals surface area contributed by atoms with E-state index in [0.29, 0.717) is 11.2 Å². The summed E-state index contributed by atoms with van der Waals surface area (Å²) >= 11 is 1.98. The summed E-state index contributed by atoms with van der Waals surface area (Å²) in [7, 11) is 0. The van der Waals surface area contributed by atoms with Crippen molar-refractivity contribution in [3.05, 3.63) is 230 Å². The fourth-order valence-electron chi connectivity index (χ4n) is 8.89. The van der Waals surface area contributed by atoms with Crippen LogP contribution < -0.4 is 4.90 Å². The summed E-state index contributed by atoms with van der Waals surface area (Å²) in [5.74, 6) is 0.402. The predicted octanol–water partition coefficient (Wildman–Crippen LogP) is 14.8. The maximum Gasteiger partial charge on any atom is 0.0541 e. The number of thioether (sulfide) groups is 1. The molecule has 1 aromatic heterocycles. The normalized spacial score (nSPS) is 15.7. The molecule has 2 unspecified atom stereocenters. The van der Waals surface area contributed by atoms with Gasteiger partial charge in [-0.05, 0) is 82.4 Å². The van der Waals surface area contributed by atoms with E-state index < -0.39 is 0 Å². The average molecular weight is 747 g/mol. The third-order valence-electron chi connectivity index (χ3n) is 11.6. The van der Waals surface area contributed by atoms with E-state index in [1.807, 2.05) is 11.8 Å². The molecule has 2 heterocycles. The molecule has 1 aliphatic heterocycles. The Balaban J connectivity index is 1.00. The van der Waals surface area contributed by atoms with E-state index in [9.17, 15) is 0 Å². The largest absolute Gasteiger partial charge is 0.310 e.